The van der Waals surface area contributed by atoms with E-state index in [1.165, 1.54) is 42.5 Å². The van der Waals surface area contributed by atoms with Crippen molar-refractivity contribution in [2.45, 2.75) is 57.0 Å². The van der Waals surface area contributed by atoms with Crippen molar-refractivity contribution < 1.29 is 4.79 Å². The van der Waals surface area contributed by atoms with Crippen molar-refractivity contribution in [3.8, 4) is 0 Å². The topological polar surface area (TPSA) is 35.6 Å². The van der Waals surface area contributed by atoms with Gasteiger partial charge in [-0.15, -0.1) is 0 Å². The fraction of sp³-hybridized carbons (Fsp3) is 0.500. The van der Waals surface area contributed by atoms with Crippen molar-refractivity contribution in [3.63, 3.8) is 0 Å². The second kappa shape index (κ2) is 8.81. The molecule has 4 nitrogen and oxygen atoms in total. The Morgan fingerprint density at radius 3 is 2.10 bits per heavy atom. The summed E-state index contributed by atoms with van der Waals surface area (Å²) < 4.78 is 0. The molecule has 2 heterocycles. The third-order valence-electron chi connectivity index (χ3n) is 7.13. The zero-order chi connectivity index (χ0) is 20.3. The third kappa shape index (κ3) is 4.39. The lowest BCUT2D eigenvalue weighted by Crippen LogP contribution is -2.46. The number of rotatable bonds is 5. The maximum Gasteiger partial charge on any atom is 0.226 e. The van der Waals surface area contributed by atoms with Gasteiger partial charge in [0.05, 0.1) is 6.42 Å². The van der Waals surface area contributed by atoms with E-state index in [0.717, 1.165) is 44.6 Å². The van der Waals surface area contributed by atoms with Crippen LogP contribution in [0, 0.1) is 0 Å². The number of nitrogens with one attached hydrogen (secondary N) is 1. The highest BCUT2D eigenvalue weighted by Gasteiger charge is 2.26. The minimum absolute atomic E-state index is 0.279. The van der Waals surface area contributed by atoms with E-state index in [0.29, 0.717) is 18.5 Å². The average molecular weight is 404 g/mol. The van der Waals surface area contributed by atoms with Crippen LogP contribution in [0.5, 0.6) is 0 Å². The van der Waals surface area contributed by atoms with Gasteiger partial charge in [-0.3, -0.25) is 4.79 Å². The van der Waals surface area contributed by atoms with Crippen molar-refractivity contribution in [1.82, 2.24) is 10.2 Å². The summed E-state index contributed by atoms with van der Waals surface area (Å²) in [6.45, 7) is 4.08. The van der Waals surface area contributed by atoms with Crippen molar-refractivity contribution in [3.05, 3.63) is 65.2 Å². The predicted molar refractivity (Wildman–Crippen MR) is 122 cm³/mol. The van der Waals surface area contributed by atoms with Crippen LogP contribution in [0.1, 0.15) is 42.4 Å². The molecule has 0 atom stereocenters. The zero-order valence-corrected chi connectivity index (χ0v) is 17.9. The van der Waals surface area contributed by atoms with Crippen LogP contribution in [0.15, 0.2) is 48.5 Å². The van der Waals surface area contributed by atoms with Gasteiger partial charge in [-0.1, -0.05) is 36.4 Å². The molecule has 0 radical (unpaired) electrons. The molecule has 2 aliphatic heterocycles. The SMILES string of the molecule is O=C(Cc1ccc(N2CCC(NC3Cc4ccccc4C3)CC2)cc1)N1CCCC1. The monoisotopic (exact) mass is 403 g/mol. The van der Waals surface area contributed by atoms with Crippen LogP contribution >= 0.6 is 0 Å². The maximum absolute atomic E-state index is 12.4. The van der Waals surface area contributed by atoms with Gasteiger partial charge in [0.25, 0.3) is 0 Å². The number of piperidine rings is 1. The van der Waals surface area contributed by atoms with E-state index >= 15 is 0 Å². The molecule has 1 aliphatic carbocycles. The van der Waals surface area contributed by atoms with Gasteiger partial charge in [0, 0.05) is 44.0 Å². The molecule has 0 bridgehead atoms. The number of anilines is 1. The van der Waals surface area contributed by atoms with E-state index in [4.69, 9.17) is 0 Å². The molecule has 2 fully saturated rings. The first-order chi connectivity index (χ1) is 14.7. The molecule has 0 spiro atoms. The van der Waals surface area contributed by atoms with Gasteiger partial charge in [-0.05, 0) is 67.3 Å². The molecular formula is C26H33N3O. The van der Waals surface area contributed by atoms with Gasteiger partial charge in [-0.25, -0.2) is 0 Å². The van der Waals surface area contributed by atoms with Crippen LogP contribution in [-0.4, -0.2) is 49.1 Å². The maximum atomic E-state index is 12.4. The number of carbonyl (C=O) groups excluding carboxylic acids is 1. The second-order valence-corrected chi connectivity index (χ2v) is 9.23. The summed E-state index contributed by atoms with van der Waals surface area (Å²) in [5, 5.41) is 3.93. The largest absolute Gasteiger partial charge is 0.371 e. The van der Waals surface area contributed by atoms with Crippen LogP contribution in [0.4, 0.5) is 5.69 Å². The number of fused-ring (bicyclic) bond motifs is 1. The minimum Gasteiger partial charge on any atom is -0.371 e. The lowest BCUT2D eigenvalue weighted by Gasteiger charge is -2.35. The van der Waals surface area contributed by atoms with Crippen molar-refractivity contribution in [1.29, 1.82) is 0 Å². The molecule has 30 heavy (non-hydrogen) atoms. The van der Waals surface area contributed by atoms with Crippen molar-refractivity contribution in [2.75, 3.05) is 31.1 Å². The predicted octanol–water partition coefficient (Wildman–Crippen LogP) is 3.58. The Morgan fingerprint density at radius 1 is 0.833 bits per heavy atom. The van der Waals surface area contributed by atoms with E-state index in [1.54, 1.807) is 0 Å². The Bertz CT molecular complexity index is 839. The smallest absolute Gasteiger partial charge is 0.226 e. The quantitative estimate of drug-likeness (QED) is 0.829. The summed E-state index contributed by atoms with van der Waals surface area (Å²) >= 11 is 0. The molecule has 2 aromatic carbocycles. The highest BCUT2D eigenvalue weighted by atomic mass is 16.2. The van der Waals surface area contributed by atoms with Crippen LogP contribution in [0.2, 0.25) is 0 Å². The fourth-order valence-corrected chi connectivity index (χ4v) is 5.39. The van der Waals surface area contributed by atoms with E-state index < -0.39 is 0 Å². The van der Waals surface area contributed by atoms with E-state index in [1.807, 2.05) is 4.90 Å². The molecule has 4 heteroatoms. The number of likely N-dealkylation sites (tertiary alicyclic amines) is 1. The van der Waals surface area contributed by atoms with Gasteiger partial charge in [-0.2, -0.15) is 0 Å². The highest BCUT2D eigenvalue weighted by Crippen LogP contribution is 2.25. The Morgan fingerprint density at radius 2 is 1.47 bits per heavy atom. The summed E-state index contributed by atoms with van der Waals surface area (Å²) in [6, 6.07) is 18.8. The van der Waals surface area contributed by atoms with Crippen molar-refractivity contribution in [2.24, 2.45) is 0 Å². The first-order valence-corrected chi connectivity index (χ1v) is 11.7. The van der Waals surface area contributed by atoms with E-state index in [-0.39, 0.29) is 5.91 Å². The minimum atomic E-state index is 0.279. The Kier molecular flexibility index (Phi) is 5.76. The fourth-order valence-electron chi connectivity index (χ4n) is 5.39. The average Bonchev–Trinajstić information content (AvgIpc) is 3.45. The van der Waals surface area contributed by atoms with Gasteiger partial charge in [0.15, 0.2) is 0 Å². The Hall–Kier alpha value is -2.33. The molecule has 0 saturated carbocycles. The molecule has 0 unspecified atom stereocenters. The number of nitrogens with zero attached hydrogens (tertiary/aromatic N) is 2. The lowest BCUT2D eigenvalue weighted by molar-refractivity contribution is -0.129. The normalized spacial score (nSPS) is 20.0. The Balaban J connectivity index is 1.09. The van der Waals surface area contributed by atoms with E-state index in [9.17, 15) is 4.79 Å². The van der Waals surface area contributed by atoms with E-state index in [2.05, 4.69) is 58.7 Å². The summed E-state index contributed by atoms with van der Waals surface area (Å²) in [4.78, 5) is 16.9. The summed E-state index contributed by atoms with van der Waals surface area (Å²) in [5.74, 6) is 0.279. The zero-order valence-electron chi connectivity index (χ0n) is 17.9. The number of hydrogen-bond donors (Lipinski definition) is 1. The first-order valence-electron chi connectivity index (χ1n) is 11.7. The number of carbonyl (C=O) groups is 1. The summed E-state index contributed by atoms with van der Waals surface area (Å²) in [5.41, 5.74) is 5.47. The molecule has 1 N–H and O–H groups in total. The number of amides is 1. The molecule has 3 aliphatic rings. The molecule has 0 aromatic heterocycles. The van der Waals surface area contributed by atoms with Crippen LogP contribution in [0.3, 0.4) is 0 Å². The summed E-state index contributed by atoms with van der Waals surface area (Å²) in [7, 11) is 0. The summed E-state index contributed by atoms with van der Waals surface area (Å²) in [6.07, 6.45) is 7.59. The molecular weight excluding hydrogens is 370 g/mol. The number of benzene rings is 2. The molecule has 158 valence electrons. The molecule has 2 aromatic rings. The molecule has 1 amide bonds. The molecule has 2 saturated heterocycles. The second-order valence-electron chi connectivity index (χ2n) is 9.23. The Labute approximate surface area is 180 Å². The highest BCUT2D eigenvalue weighted by molar-refractivity contribution is 5.79. The van der Waals surface area contributed by atoms with Gasteiger partial charge in [0.2, 0.25) is 5.91 Å². The third-order valence-corrected chi connectivity index (χ3v) is 7.13. The van der Waals surface area contributed by atoms with Gasteiger partial charge in [0.1, 0.15) is 0 Å². The lowest BCUT2D eigenvalue weighted by atomic mass is 10.0. The van der Waals surface area contributed by atoms with Crippen LogP contribution in [0.25, 0.3) is 0 Å². The van der Waals surface area contributed by atoms with Gasteiger partial charge < -0.3 is 15.1 Å². The standard InChI is InChI=1S/C26H33N3O/c30-26(29-13-3-4-14-29)17-20-7-9-25(10-8-20)28-15-11-23(12-16-28)27-24-18-21-5-1-2-6-22(21)19-24/h1-2,5-10,23-24,27H,3-4,11-19H2. The van der Waals surface area contributed by atoms with Crippen LogP contribution in [-0.2, 0) is 24.1 Å². The first kappa shape index (κ1) is 19.6. The molecule has 5 rings (SSSR count). The van der Waals surface area contributed by atoms with Gasteiger partial charge >= 0.3 is 0 Å². The van der Waals surface area contributed by atoms with Crippen LogP contribution < -0.4 is 10.2 Å². The van der Waals surface area contributed by atoms with Crippen molar-refractivity contribution >= 4 is 11.6 Å². The number of hydrogen-bond acceptors (Lipinski definition) is 3.